The summed E-state index contributed by atoms with van der Waals surface area (Å²) in [6.07, 6.45) is 3.55. The highest BCUT2D eigenvalue weighted by atomic mass is 16.5. The number of hydrogen-bond donors (Lipinski definition) is 1. The minimum atomic E-state index is 0.515. The zero-order valence-corrected chi connectivity index (χ0v) is 13.3. The molecule has 4 heteroatoms. The van der Waals surface area contributed by atoms with Gasteiger partial charge in [-0.2, -0.15) is 0 Å². The molecular formula is C17H25N3O. The highest BCUT2D eigenvalue weighted by Crippen LogP contribution is 2.29. The summed E-state index contributed by atoms with van der Waals surface area (Å²) in [6, 6.07) is 6.79. The molecule has 2 aromatic rings. The fourth-order valence-corrected chi connectivity index (χ4v) is 2.68. The summed E-state index contributed by atoms with van der Waals surface area (Å²) in [7, 11) is 0. The maximum Gasteiger partial charge on any atom is 0.127 e. The SMILES string of the molecule is CC(C)N(CCOc1ccc(N)c2cnccc12)C(C)C. The van der Waals surface area contributed by atoms with Crippen LogP contribution in [0.15, 0.2) is 30.6 Å². The van der Waals surface area contributed by atoms with E-state index < -0.39 is 0 Å². The molecule has 0 spiro atoms. The van der Waals surface area contributed by atoms with Crippen molar-refractivity contribution in [2.45, 2.75) is 39.8 Å². The zero-order valence-electron chi connectivity index (χ0n) is 13.3. The molecule has 0 saturated carbocycles. The third-order valence-corrected chi connectivity index (χ3v) is 3.75. The van der Waals surface area contributed by atoms with E-state index in [-0.39, 0.29) is 0 Å². The van der Waals surface area contributed by atoms with Crippen molar-refractivity contribution in [3.63, 3.8) is 0 Å². The van der Waals surface area contributed by atoms with Crippen LogP contribution >= 0.6 is 0 Å². The topological polar surface area (TPSA) is 51.4 Å². The Balaban J connectivity index is 2.09. The van der Waals surface area contributed by atoms with Gasteiger partial charge in [0.05, 0.1) is 0 Å². The summed E-state index contributed by atoms with van der Waals surface area (Å²) in [5, 5.41) is 1.96. The molecule has 0 aliphatic heterocycles. The Hall–Kier alpha value is -1.81. The Labute approximate surface area is 126 Å². The van der Waals surface area contributed by atoms with Crippen LogP contribution in [0.5, 0.6) is 5.75 Å². The van der Waals surface area contributed by atoms with E-state index in [1.165, 1.54) is 0 Å². The van der Waals surface area contributed by atoms with Crippen molar-refractivity contribution in [2.24, 2.45) is 0 Å². The van der Waals surface area contributed by atoms with Crippen molar-refractivity contribution in [1.82, 2.24) is 9.88 Å². The molecule has 0 aliphatic rings. The Kier molecular flexibility index (Phi) is 5.02. The first-order valence-electron chi connectivity index (χ1n) is 7.51. The van der Waals surface area contributed by atoms with E-state index in [4.69, 9.17) is 10.5 Å². The molecule has 2 N–H and O–H groups in total. The minimum absolute atomic E-state index is 0.515. The van der Waals surface area contributed by atoms with E-state index in [1.807, 2.05) is 18.2 Å². The van der Waals surface area contributed by atoms with E-state index in [1.54, 1.807) is 12.4 Å². The van der Waals surface area contributed by atoms with Gasteiger partial charge in [0, 0.05) is 47.5 Å². The minimum Gasteiger partial charge on any atom is -0.492 e. The van der Waals surface area contributed by atoms with Crippen LogP contribution in [0.3, 0.4) is 0 Å². The van der Waals surface area contributed by atoms with Crippen molar-refractivity contribution in [2.75, 3.05) is 18.9 Å². The fraction of sp³-hybridized carbons (Fsp3) is 0.471. The van der Waals surface area contributed by atoms with Crippen LogP contribution in [0.4, 0.5) is 5.69 Å². The Bertz CT molecular complexity index is 588. The van der Waals surface area contributed by atoms with Gasteiger partial charge >= 0.3 is 0 Å². The van der Waals surface area contributed by atoms with Crippen LogP contribution in [0, 0.1) is 0 Å². The molecular weight excluding hydrogens is 262 g/mol. The molecule has 1 aromatic carbocycles. The fourth-order valence-electron chi connectivity index (χ4n) is 2.68. The number of anilines is 1. The molecule has 2 rings (SSSR count). The van der Waals surface area contributed by atoms with Crippen LogP contribution in [-0.4, -0.2) is 35.1 Å². The summed E-state index contributed by atoms with van der Waals surface area (Å²) in [5.41, 5.74) is 6.71. The van der Waals surface area contributed by atoms with Gasteiger partial charge in [-0.1, -0.05) is 0 Å². The van der Waals surface area contributed by atoms with Crippen molar-refractivity contribution in [3.05, 3.63) is 30.6 Å². The number of aromatic nitrogens is 1. The normalized spacial score (nSPS) is 11.8. The predicted molar refractivity (Wildman–Crippen MR) is 88.6 cm³/mol. The number of benzene rings is 1. The number of rotatable bonds is 6. The largest absolute Gasteiger partial charge is 0.492 e. The predicted octanol–water partition coefficient (Wildman–Crippen LogP) is 3.31. The first-order chi connectivity index (χ1) is 10.0. The number of pyridine rings is 1. The number of nitrogens with zero attached hydrogens (tertiary/aromatic N) is 2. The molecule has 0 unspecified atom stereocenters. The van der Waals surface area contributed by atoms with Gasteiger partial charge in [0.15, 0.2) is 0 Å². The summed E-state index contributed by atoms with van der Waals surface area (Å²) >= 11 is 0. The quantitative estimate of drug-likeness (QED) is 0.828. The Morgan fingerprint density at radius 3 is 2.48 bits per heavy atom. The molecule has 114 valence electrons. The van der Waals surface area contributed by atoms with Crippen LogP contribution in [0.25, 0.3) is 10.8 Å². The molecule has 4 nitrogen and oxygen atoms in total. The molecule has 0 saturated heterocycles. The molecule has 0 radical (unpaired) electrons. The van der Waals surface area contributed by atoms with Gasteiger partial charge in [-0.15, -0.1) is 0 Å². The average Bonchev–Trinajstić information content (AvgIpc) is 2.45. The van der Waals surface area contributed by atoms with Crippen LogP contribution in [0.1, 0.15) is 27.7 Å². The van der Waals surface area contributed by atoms with Crippen molar-refractivity contribution < 1.29 is 4.74 Å². The zero-order chi connectivity index (χ0) is 15.4. The third kappa shape index (κ3) is 3.64. The second-order valence-electron chi connectivity index (χ2n) is 5.85. The van der Waals surface area contributed by atoms with Crippen molar-refractivity contribution in [1.29, 1.82) is 0 Å². The van der Waals surface area contributed by atoms with Crippen LogP contribution in [0.2, 0.25) is 0 Å². The van der Waals surface area contributed by atoms with E-state index in [0.717, 1.165) is 28.8 Å². The molecule has 0 amide bonds. The van der Waals surface area contributed by atoms with E-state index in [0.29, 0.717) is 18.7 Å². The number of ether oxygens (including phenoxy) is 1. The van der Waals surface area contributed by atoms with Gasteiger partial charge < -0.3 is 10.5 Å². The first kappa shape index (κ1) is 15.6. The first-order valence-corrected chi connectivity index (χ1v) is 7.51. The van der Waals surface area contributed by atoms with E-state index >= 15 is 0 Å². The summed E-state index contributed by atoms with van der Waals surface area (Å²) in [4.78, 5) is 6.54. The van der Waals surface area contributed by atoms with Crippen LogP contribution in [-0.2, 0) is 0 Å². The monoisotopic (exact) mass is 287 g/mol. The van der Waals surface area contributed by atoms with Gasteiger partial charge in [0.1, 0.15) is 12.4 Å². The average molecular weight is 287 g/mol. The number of fused-ring (bicyclic) bond motifs is 1. The van der Waals surface area contributed by atoms with Gasteiger partial charge in [-0.05, 0) is 45.9 Å². The van der Waals surface area contributed by atoms with Crippen LogP contribution < -0.4 is 10.5 Å². The Morgan fingerprint density at radius 2 is 1.81 bits per heavy atom. The lowest BCUT2D eigenvalue weighted by atomic mass is 10.1. The lowest BCUT2D eigenvalue weighted by Gasteiger charge is -2.30. The number of nitrogen functional groups attached to an aromatic ring is 1. The van der Waals surface area contributed by atoms with Gasteiger partial charge in [-0.25, -0.2) is 0 Å². The molecule has 0 bridgehead atoms. The number of hydrogen-bond acceptors (Lipinski definition) is 4. The van der Waals surface area contributed by atoms with Gasteiger partial charge in [0.25, 0.3) is 0 Å². The molecule has 0 atom stereocenters. The third-order valence-electron chi connectivity index (χ3n) is 3.75. The van der Waals surface area contributed by atoms with Gasteiger partial charge in [0.2, 0.25) is 0 Å². The number of nitrogens with two attached hydrogens (primary N) is 1. The second kappa shape index (κ2) is 6.76. The lowest BCUT2D eigenvalue weighted by molar-refractivity contribution is 0.142. The summed E-state index contributed by atoms with van der Waals surface area (Å²) < 4.78 is 5.98. The Morgan fingerprint density at radius 1 is 1.10 bits per heavy atom. The maximum absolute atomic E-state index is 5.98. The van der Waals surface area contributed by atoms with Crippen molar-refractivity contribution >= 4 is 16.5 Å². The molecule has 1 heterocycles. The second-order valence-corrected chi connectivity index (χ2v) is 5.85. The molecule has 0 fully saturated rings. The maximum atomic E-state index is 5.98. The molecule has 0 aliphatic carbocycles. The standard InChI is InChI=1S/C17H25N3O/c1-12(2)20(13(3)4)9-10-21-17-6-5-16(18)15-11-19-8-7-14(15)17/h5-8,11-13H,9-10,18H2,1-4H3. The highest BCUT2D eigenvalue weighted by molar-refractivity contribution is 5.96. The smallest absolute Gasteiger partial charge is 0.127 e. The summed E-state index contributed by atoms with van der Waals surface area (Å²) in [5.74, 6) is 0.870. The highest BCUT2D eigenvalue weighted by Gasteiger charge is 2.13. The van der Waals surface area contributed by atoms with E-state index in [9.17, 15) is 0 Å². The van der Waals surface area contributed by atoms with Crippen molar-refractivity contribution in [3.8, 4) is 5.75 Å². The molecule has 21 heavy (non-hydrogen) atoms. The van der Waals surface area contributed by atoms with E-state index in [2.05, 4.69) is 37.6 Å². The summed E-state index contributed by atoms with van der Waals surface area (Å²) in [6.45, 7) is 10.4. The lowest BCUT2D eigenvalue weighted by Crippen LogP contribution is -2.39. The molecule has 1 aromatic heterocycles. The van der Waals surface area contributed by atoms with Gasteiger partial charge in [-0.3, -0.25) is 9.88 Å².